The van der Waals surface area contributed by atoms with Crippen LogP contribution >= 0.6 is 12.4 Å². The van der Waals surface area contributed by atoms with E-state index in [0.717, 1.165) is 5.56 Å². The molecule has 1 atom stereocenters. The van der Waals surface area contributed by atoms with Crippen molar-refractivity contribution in [3.63, 3.8) is 0 Å². The summed E-state index contributed by atoms with van der Waals surface area (Å²) in [6, 6.07) is 8.67. The van der Waals surface area contributed by atoms with Crippen molar-refractivity contribution in [3.8, 4) is 0 Å². The summed E-state index contributed by atoms with van der Waals surface area (Å²) in [4.78, 5) is 27.5. The van der Waals surface area contributed by atoms with Crippen molar-refractivity contribution in [2.24, 2.45) is 5.73 Å². The second kappa shape index (κ2) is 8.73. The van der Waals surface area contributed by atoms with E-state index >= 15 is 0 Å². The highest BCUT2D eigenvalue weighted by Gasteiger charge is 2.27. The van der Waals surface area contributed by atoms with Crippen LogP contribution in [0.25, 0.3) is 0 Å². The number of nitrogens with zero attached hydrogens (tertiary/aromatic N) is 2. The van der Waals surface area contributed by atoms with Gasteiger partial charge in [0.2, 0.25) is 11.8 Å². The summed E-state index contributed by atoms with van der Waals surface area (Å²) in [5.74, 6) is -0.142. The van der Waals surface area contributed by atoms with Gasteiger partial charge >= 0.3 is 0 Å². The summed E-state index contributed by atoms with van der Waals surface area (Å²) in [7, 11) is 1.50. The molecule has 2 N–H and O–H groups in total. The van der Waals surface area contributed by atoms with Gasteiger partial charge in [0.15, 0.2) is 0 Å². The molecule has 1 aliphatic heterocycles. The van der Waals surface area contributed by atoms with Crippen LogP contribution in [0.2, 0.25) is 0 Å². The molecule has 2 rings (SSSR count). The minimum atomic E-state index is -0.646. The molecule has 0 aromatic heterocycles. The molecule has 22 heavy (non-hydrogen) atoms. The summed E-state index contributed by atoms with van der Waals surface area (Å²) in [5.41, 5.74) is 6.83. The molecule has 1 saturated heterocycles. The van der Waals surface area contributed by atoms with E-state index in [0.29, 0.717) is 26.2 Å². The van der Waals surface area contributed by atoms with E-state index in [1.165, 1.54) is 7.11 Å². The maximum atomic E-state index is 12.4. The average Bonchev–Trinajstić information content (AvgIpc) is 2.54. The first kappa shape index (κ1) is 18.4. The topological polar surface area (TPSA) is 75.9 Å². The smallest absolute Gasteiger partial charge is 0.248 e. The van der Waals surface area contributed by atoms with Crippen molar-refractivity contribution in [1.82, 2.24) is 9.80 Å². The van der Waals surface area contributed by atoms with Crippen LogP contribution < -0.4 is 5.73 Å². The van der Waals surface area contributed by atoms with E-state index in [9.17, 15) is 9.59 Å². The summed E-state index contributed by atoms with van der Waals surface area (Å²) in [5, 5.41) is 0. The van der Waals surface area contributed by atoms with Crippen molar-refractivity contribution >= 4 is 24.2 Å². The first-order chi connectivity index (χ1) is 10.1. The van der Waals surface area contributed by atoms with E-state index in [2.05, 4.69) is 0 Å². The highest BCUT2D eigenvalue weighted by molar-refractivity contribution is 5.85. The zero-order chi connectivity index (χ0) is 15.2. The van der Waals surface area contributed by atoms with E-state index in [1.54, 1.807) is 9.80 Å². The molecule has 1 unspecified atom stereocenters. The maximum Gasteiger partial charge on any atom is 0.248 e. The molecular weight excluding hydrogens is 306 g/mol. The van der Waals surface area contributed by atoms with Crippen LogP contribution in [0.5, 0.6) is 0 Å². The predicted molar refractivity (Wildman–Crippen MR) is 85.7 cm³/mol. The molecular formula is C15H22ClN3O3. The van der Waals surface area contributed by atoms with Gasteiger partial charge in [-0.2, -0.15) is 0 Å². The summed E-state index contributed by atoms with van der Waals surface area (Å²) < 4.78 is 4.84. The molecule has 0 saturated carbocycles. The number of hydrogen-bond acceptors (Lipinski definition) is 4. The Bertz CT molecular complexity index is 490. The Hall–Kier alpha value is -1.63. The molecule has 122 valence electrons. The van der Waals surface area contributed by atoms with Crippen LogP contribution in [0, 0.1) is 0 Å². The van der Waals surface area contributed by atoms with Crippen LogP contribution in [0.15, 0.2) is 30.3 Å². The van der Waals surface area contributed by atoms with Crippen molar-refractivity contribution in [1.29, 1.82) is 0 Å². The van der Waals surface area contributed by atoms with Gasteiger partial charge in [-0.1, -0.05) is 30.3 Å². The van der Waals surface area contributed by atoms with Gasteiger partial charge in [-0.3, -0.25) is 9.59 Å². The maximum absolute atomic E-state index is 12.4. The van der Waals surface area contributed by atoms with Gasteiger partial charge in [0, 0.05) is 33.3 Å². The number of amides is 2. The first-order valence-electron chi connectivity index (χ1n) is 6.99. The van der Waals surface area contributed by atoms with Crippen LogP contribution in [-0.4, -0.2) is 61.5 Å². The van der Waals surface area contributed by atoms with Crippen LogP contribution in [-0.2, 0) is 14.3 Å². The lowest BCUT2D eigenvalue weighted by atomic mass is 10.1. The number of hydrogen-bond donors (Lipinski definition) is 1. The van der Waals surface area contributed by atoms with Gasteiger partial charge in [-0.15, -0.1) is 12.4 Å². The van der Waals surface area contributed by atoms with Crippen molar-refractivity contribution in [2.45, 2.75) is 6.04 Å². The number of piperazine rings is 1. The molecule has 1 heterocycles. The lowest BCUT2D eigenvalue weighted by molar-refractivity contribution is -0.142. The van der Waals surface area contributed by atoms with E-state index in [-0.39, 0.29) is 30.8 Å². The third kappa shape index (κ3) is 4.43. The third-order valence-corrected chi connectivity index (χ3v) is 3.64. The highest BCUT2D eigenvalue weighted by Crippen LogP contribution is 2.14. The second-order valence-electron chi connectivity index (χ2n) is 5.03. The summed E-state index contributed by atoms with van der Waals surface area (Å²) in [6.07, 6.45) is 0. The van der Waals surface area contributed by atoms with Gasteiger partial charge in [0.05, 0.1) is 0 Å². The molecule has 2 amide bonds. The quantitative estimate of drug-likeness (QED) is 0.870. The number of carbonyl (C=O) groups is 2. The number of ether oxygens (including phenoxy) is 1. The minimum Gasteiger partial charge on any atom is -0.375 e. The minimum absolute atomic E-state index is 0. The second-order valence-corrected chi connectivity index (χ2v) is 5.03. The van der Waals surface area contributed by atoms with Crippen molar-refractivity contribution in [2.75, 3.05) is 39.9 Å². The number of methoxy groups -OCH3 is 1. The lowest BCUT2D eigenvalue weighted by Gasteiger charge is -2.35. The fourth-order valence-electron chi connectivity index (χ4n) is 2.39. The number of nitrogens with two attached hydrogens (primary N) is 1. The van der Waals surface area contributed by atoms with E-state index in [1.807, 2.05) is 30.3 Å². The van der Waals surface area contributed by atoms with Gasteiger partial charge in [0.1, 0.15) is 12.6 Å². The molecule has 1 aromatic rings. The molecule has 0 bridgehead atoms. The van der Waals surface area contributed by atoms with Crippen LogP contribution in [0.3, 0.4) is 0 Å². The third-order valence-electron chi connectivity index (χ3n) is 3.64. The SMILES string of the molecule is COCC(=O)N1CCN(C(=O)C(N)c2ccccc2)CC1.Cl. The molecule has 6 nitrogen and oxygen atoms in total. The number of halogens is 1. The zero-order valence-electron chi connectivity index (χ0n) is 12.6. The number of carbonyl (C=O) groups excluding carboxylic acids is 2. The zero-order valence-corrected chi connectivity index (χ0v) is 13.4. The molecule has 0 aliphatic carbocycles. The van der Waals surface area contributed by atoms with Gasteiger partial charge < -0.3 is 20.3 Å². The summed E-state index contributed by atoms with van der Waals surface area (Å²) in [6.45, 7) is 2.14. The highest BCUT2D eigenvalue weighted by atomic mass is 35.5. The summed E-state index contributed by atoms with van der Waals surface area (Å²) >= 11 is 0. The van der Waals surface area contributed by atoms with Crippen LogP contribution in [0.4, 0.5) is 0 Å². The molecule has 7 heteroatoms. The first-order valence-corrected chi connectivity index (χ1v) is 6.99. The Morgan fingerprint density at radius 3 is 2.23 bits per heavy atom. The largest absolute Gasteiger partial charge is 0.375 e. The van der Waals surface area contributed by atoms with E-state index in [4.69, 9.17) is 10.5 Å². The Kier molecular flexibility index (Phi) is 7.31. The number of rotatable bonds is 4. The normalized spacial score (nSPS) is 15.9. The van der Waals surface area contributed by atoms with E-state index < -0.39 is 6.04 Å². The Morgan fingerprint density at radius 2 is 1.68 bits per heavy atom. The fourth-order valence-corrected chi connectivity index (χ4v) is 2.39. The Balaban J connectivity index is 0.00000242. The predicted octanol–water partition coefficient (Wildman–Crippen LogP) is 0.425. The molecule has 1 aromatic carbocycles. The molecule has 1 fully saturated rings. The van der Waals surface area contributed by atoms with Gasteiger partial charge in [-0.05, 0) is 5.56 Å². The van der Waals surface area contributed by atoms with Crippen molar-refractivity contribution in [3.05, 3.63) is 35.9 Å². The lowest BCUT2D eigenvalue weighted by Crippen LogP contribution is -2.53. The van der Waals surface area contributed by atoms with Gasteiger partial charge in [0.25, 0.3) is 0 Å². The van der Waals surface area contributed by atoms with Crippen LogP contribution in [0.1, 0.15) is 11.6 Å². The van der Waals surface area contributed by atoms with Gasteiger partial charge in [-0.25, -0.2) is 0 Å². The molecule has 0 spiro atoms. The average molecular weight is 328 g/mol. The standard InChI is InChI=1S/C15H21N3O3.ClH/c1-21-11-13(19)17-7-9-18(10-8-17)15(20)14(16)12-5-3-2-4-6-12;/h2-6,14H,7-11,16H2,1H3;1H. The number of benzene rings is 1. The Labute approximate surface area is 136 Å². The monoisotopic (exact) mass is 327 g/mol. The molecule has 0 radical (unpaired) electrons. The fraction of sp³-hybridized carbons (Fsp3) is 0.467. The van der Waals surface area contributed by atoms with Crippen molar-refractivity contribution < 1.29 is 14.3 Å². The molecule has 1 aliphatic rings. The Morgan fingerprint density at radius 1 is 1.14 bits per heavy atom.